The number of hydrogen-bond donors (Lipinski definition) is 2. The molecular formula is C28H45F2N6O10P. The maximum absolute atomic E-state index is 16.4. The molecule has 0 aromatic carbocycles. The summed E-state index contributed by atoms with van der Waals surface area (Å²) < 4.78 is 78.6. The summed E-state index contributed by atoms with van der Waals surface area (Å²) in [7, 11) is -1.36. The van der Waals surface area contributed by atoms with E-state index in [0.29, 0.717) is 11.6 Å². The molecule has 1 fully saturated rings. The van der Waals surface area contributed by atoms with E-state index in [1.165, 1.54) is 6.33 Å². The Morgan fingerprint density at radius 3 is 2.34 bits per heavy atom. The Balaban J connectivity index is 1.91. The van der Waals surface area contributed by atoms with Crippen LogP contribution in [0, 0.1) is 12.8 Å². The second kappa shape index (κ2) is 15.0. The third-order valence-electron chi connectivity index (χ3n) is 6.74. The van der Waals surface area contributed by atoms with Crippen molar-refractivity contribution in [1.29, 1.82) is 0 Å². The number of rotatable bonds is 15. The number of nitrogens with one attached hydrogen (secondary N) is 1. The number of aliphatic hydroxyl groups is 1. The van der Waals surface area contributed by atoms with Crippen LogP contribution in [-0.2, 0) is 37.4 Å². The number of halogens is 2. The molecule has 47 heavy (non-hydrogen) atoms. The predicted octanol–water partition coefficient (Wildman–Crippen LogP) is 4.10. The Hall–Kier alpha value is -3.02. The van der Waals surface area contributed by atoms with E-state index < -0.39 is 75.4 Å². The van der Waals surface area contributed by atoms with Crippen LogP contribution in [0.15, 0.2) is 6.33 Å². The number of alkyl halides is 2. The molecule has 19 heteroatoms. The second-order valence-corrected chi connectivity index (χ2v) is 14.3. The Morgan fingerprint density at radius 2 is 1.77 bits per heavy atom. The number of ether oxygens (including phenoxy) is 4. The van der Waals surface area contributed by atoms with E-state index in [-0.39, 0.29) is 23.5 Å². The lowest BCUT2D eigenvalue weighted by molar-refractivity contribution is -0.203. The topological polar surface area (TPSA) is 186 Å². The molecule has 0 saturated carbocycles. The number of aromatic nitrogens is 4. The van der Waals surface area contributed by atoms with Gasteiger partial charge in [-0.1, -0.05) is 13.8 Å². The average Bonchev–Trinajstić information content (AvgIpc) is 3.42. The molecule has 0 amide bonds. The lowest BCUT2D eigenvalue weighted by Crippen LogP contribution is -2.47. The highest BCUT2D eigenvalue weighted by Crippen LogP contribution is 2.52. The quantitative estimate of drug-likeness (QED) is 0.154. The fourth-order valence-electron chi connectivity index (χ4n) is 4.69. The summed E-state index contributed by atoms with van der Waals surface area (Å²) in [5.74, 6) is -3.54. The summed E-state index contributed by atoms with van der Waals surface area (Å²) in [6.45, 7) is 10.1. The molecule has 266 valence electrons. The highest BCUT2D eigenvalue weighted by molar-refractivity contribution is 7.51. The molecule has 2 N–H and O–H groups in total. The van der Waals surface area contributed by atoms with Crippen molar-refractivity contribution in [1.82, 2.24) is 24.6 Å². The van der Waals surface area contributed by atoms with Crippen molar-refractivity contribution in [2.24, 2.45) is 5.92 Å². The van der Waals surface area contributed by atoms with Gasteiger partial charge in [-0.05, 0) is 53.9 Å². The minimum Gasteiger partial charge on any atom is -0.462 e. The van der Waals surface area contributed by atoms with Crippen molar-refractivity contribution in [3.8, 4) is 0 Å². The van der Waals surface area contributed by atoms with Crippen molar-refractivity contribution >= 4 is 36.9 Å². The van der Waals surface area contributed by atoms with Crippen LogP contribution in [0.25, 0.3) is 11.2 Å². The number of hydrogen-bond acceptors (Lipinski definition) is 14. The molecule has 6 atom stereocenters. The number of carbonyl (C=O) groups is 2. The smallest absolute Gasteiger partial charge is 0.462 e. The normalized spacial score (nSPS) is 24.9. The molecule has 0 radical (unpaired) electrons. The summed E-state index contributed by atoms with van der Waals surface area (Å²) in [5.41, 5.74) is -2.43. The Labute approximate surface area is 272 Å². The standard InChI is InChI=1S/C28H45F2N6O10P/c1-15(2)11-19(23(37)44-16(3)4)34-47(40,43-14-41-26(39)45-17(5)6)42-12-28(30)24(38)27(8,29)25(46-28)36-13-31-20-21(35(9)10)32-18(7)33-22(20)36/h13,15-17,19,24-25,38H,11-12,14H2,1-10H3,(H,34,40)/t19-,24-,25+,27+,28+,47?/m0/s1. The maximum Gasteiger partial charge on any atom is 0.510 e. The Morgan fingerprint density at radius 1 is 1.13 bits per heavy atom. The molecule has 2 aromatic heterocycles. The first-order chi connectivity index (χ1) is 21.7. The fourth-order valence-corrected chi connectivity index (χ4v) is 6.04. The third-order valence-corrected chi connectivity index (χ3v) is 8.29. The summed E-state index contributed by atoms with van der Waals surface area (Å²) in [4.78, 5) is 39.3. The molecule has 0 spiro atoms. The summed E-state index contributed by atoms with van der Waals surface area (Å²) in [6.07, 6.45) is -5.31. The van der Waals surface area contributed by atoms with Crippen LogP contribution >= 0.6 is 7.75 Å². The molecule has 1 aliphatic heterocycles. The van der Waals surface area contributed by atoms with E-state index in [1.54, 1.807) is 67.5 Å². The number of carbonyl (C=O) groups excluding carboxylic acids is 2. The van der Waals surface area contributed by atoms with E-state index in [2.05, 4.69) is 20.0 Å². The first-order valence-electron chi connectivity index (χ1n) is 15.0. The summed E-state index contributed by atoms with van der Waals surface area (Å²) >= 11 is 0. The SMILES string of the molecule is Cc1nc(N(C)C)c2ncn([C@@H]3O[C@](F)(COP(=O)(N[C@@H](CC(C)C)C(=O)OC(C)C)OCOC(=O)OC(C)C)[C@@H](O)[C@@]3(C)F)c2n1. The van der Waals surface area contributed by atoms with E-state index >= 15 is 8.78 Å². The van der Waals surface area contributed by atoms with Crippen molar-refractivity contribution < 1.29 is 56.0 Å². The van der Waals surface area contributed by atoms with Gasteiger partial charge in [-0.15, -0.1) is 0 Å². The molecule has 0 bridgehead atoms. The van der Waals surface area contributed by atoms with Crippen LogP contribution in [-0.4, -0.2) is 100 Å². The van der Waals surface area contributed by atoms with E-state index in [1.807, 2.05) is 0 Å². The number of imidazole rings is 1. The monoisotopic (exact) mass is 694 g/mol. The van der Waals surface area contributed by atoms with Gasteiger partial charge >= 0.3 is 19.9 Å². The van der Waals surface area contributed by atoms with Crippen molar-refractivity contribution in [3.63, 3.8) is 0 Å². The van der Waals surface area contributed by atoms with Crippen LogP contribution in [0.1, 0.15) is 66.9 Å². The van der Waals surface area contributed by atoms with Gasteiger partial charge in [0.05, 0.1) is 18.5 Å². The van der Waals surface area contributed by atoms with Crippen LogP contribution in [0.3, 0.4) is 0 Å². The van der Waals surface area contributed by atoms with Gasteiger partial charge in [0.2, 0.25) is 6.79 Å². The van der Waals surface area contributed by atoms with Gasteiger partial charge in [-0.2, -0.15) is 0 Å². The molecular weight excluding hydrogens is 649 g/mol. The van der Waals surface area contributed by atoms with Crippen LogP contribution in [0.5, 0.6) is 0 Å². The van der Waals surface area contributed by atoms with E-state index in [4.69, 9.17) is 28.0 Å². The molecule has 1 saturated heterocycles. The zero-order chi connectivity index (χ0) is 35.5. The number of fused-ring (bicyclic) bond motifs is 1. The number of esters is 1. The zero-order valence-corrected chi connectivity index (χ0v) is 29.1. The van der Waals surface area contributed by atoms with Gasteiger partial charge in [0.1, 0.15) is 18.5 Å². The van der Waals surface area contributed by atoms with Crippen molar-refractivity contribution in [2.75, 3.05) is 32.4 Å². The molecule has 1 unspecified atom stereocenters. The first-order valence-corrected chi connectivity index (χ1v) is 16.6. The average molecular weight is 695 g/mol. The minimum atomic E-state index is -4.81. The lowest BCUT2D eigenvalue weighted by atomic mass is 9.97. The molecule has 3 heterocycles. The zero-order valence-electron chi connectivity index (χ0n) is 28.2. The van der Waals surface area contributed by atoms with Crippen molar-refractivity contribution in [3.05, 3.63) is 12.2 Å². The predicted molar refractivity (Wildman–Crippen MR) is 164 cm³/mol. The Kier molecular flexibility index (Phi) is 12.3. The molecule has 3 rings (SSSR count). The number of anilines is 1. The van der Waals surface area contributed by atoms with Gasteiger partial charge < -0.3 is 29.0 Å². The molecule has 1 aliphatic rings. The Bertz CT molecular complexity index is 1460. The first kappa shape index (κ1) is 38.4. The molecule has 0 aliphatic carbocycles. The second-order valence-electron chi connectivity index (χ2n) is 12.5. The van der Waals surface area contributed by atoms with E-state index in [0.717, 1.165) is 11.5 Å². The number of nitrogens with zero attached hydrogens (tertiary/aromatic N) is 5. The lowest BCUT2D eigenvalue weighted by Gasteiger charge is -2.29. The van der Waals surface area contributed by atoms with Gasteiger partial charge in [0.15, 0.2) is 35.0 Å². The number of aliphatic hydroxyl groups excluding tert-OH is 1. The molecule has 2 aromatic rings. The maximum atomic E-state index is 16.4. The highest BCUT2D eigenvalue weighted by atomic mass is 31.2. The van der Waals surface area contributed by atoms with Gasteiger partial charge in [-0.3, -0.25) is 18.4 Å². The van der Waals surface area contributed by atoms with Crippen LogP contribution < -0.4 is 9.99 Å². The van der Waals surface area contributed by atoms with Crippen LogP contribution in [0.2, 0.25) is 0 Å². The van der Waals surface area contributed by atoms with Gasteiger partial charge in [0, 0.05) is 14.1 Å². The fraction of sp³-hybridized carbons (Fsp3) is 0.750. The molecule has 16 nitrogen and oxygen atoms in total. The third kappa shape index (κ3) is 9.32. The summed E-state index contributed by atoms with van der Waals surface area (Å²) in [6, 6.07) is -1.29. The minimum absolute atomic E-state index is 0.0763. The largest absolute Gasteiger partial charge is 0.510 e. The summed E-state index contributed by atoms with van der Waals surface area (Å²) in [5, 5.41) is 13.3. The highest BCUT2D eigenvalue weighted by Gasteiger charge is 2.65. The van der Waals surface area contributed by atoms with Crippen LogP contribution in [0.4, 0.5) is 19.4 Å². The number of aryl methyl sites for hydroxylation is 1. The van der Waals surface area contributed by atoms with Gasteiger partial charge in [-0.25, -0.2) is 38.2 Å². The van der Waals surface area contributed by atoms with Crippen molar-refractivity contribution in [2.45, 2.75) is 104 Å². The van der Waals surface area contributed by atoms with E-state index in [9.17, 15) is 19.3 Å². The van der Waals surface area contributed by atoms with Gasteiger partial charge in [0.25, 0.3) is 5.85 Å².